The molecule has 0 atom stereocenters. The molecule has 0 aliphatic heterocycles. The Hall–Kier alpha value is -2.04. The van der Waals surface area contributed by atoms with E-state index in [0.29, 0.717) is 12.0 Å². The van der Waals surface area contributed by atoms with Gasteiger partial charge >= 0.3 is 6.09 Å². The van der Waals surface area contributed by atoms with Crippen LogP contribution in [0.25, 0.3) is 0 Å². The van der Waals surface area contributed by atoms with E-state index in [1.165, 1.54) is 7.05 Å². The van der Waals surface area contributed by atoms with Gasteiger partial charge in [0.15, 0.2) is 0 Å². The van der Waals surface area contributed by atoms with E-state index in [-0.39, 0.29) is 5.91 Å². The highest BCUT2D eigenvalue weighted by atomic mass is 16.6. The zero-order chi connectivity index (χ0) is 14.5. The van der Waals surface area contributed by atoms with E-state index in [2.05, 4.69) is 10.6 Å². The number of carbonyl (C=O) groups is 2. The van der Waals surface area contributed by atoms with Crippen LogP contribution in [-0.4, -0.2) is 31.7 Å². The Kier molecular flexibility index (Phi) is 4.92. The zero-order valence-electron chi connectivity index (χ0n) is 11.7. The van der Waals surface area contributed by atoms with Gasteiger partial charge in [0.2, 0.25) is 0 Å². The van der Waals surface area contributed by atoms with Gasteiger partial charge in [-0.15, -0.1) is 0 Å². The van der Waals surface area contributed by atoms with Crippen molar-refractivity contribution in [3.8, 4) is 0 Å². The van der Waals surface area contributed by atoms with E-state index < -0.39 is 11.7 Å². The summed E-state index contributed by atoms with van der Waals surface area (Å²) >= 11 is 0. The Labute approximate surface area is 113 Å². The number of hydrogen-bond donors (Lipinski definition) is 2. The Morgan fingerprint density at radius 2 is 1.89 bits per heavy atom. The summed E-state index contributed by atoms with van der Waals surface area (Å²) < 4.78 is 5.27. The van der Waals surface area contributed by atoms with Crippen LogP contribution in [0.5, 0.6) is 0 Å². The van der Waals surface area contributed by atoms with Gasteiger partial charge in [0.25, 0.3) is 5.91 Å². The highest BCUT2D eigenvalue weighted by Gasteiger charge is 2.23. The first-order chi connectivity index (χ1) is 8.88. The van der Waals surface area contributed by atoms with Gasteiger partial charge in [0.05, 0.1) is 0 Å². The van der Waals surface area contributed by atoms with Crippen molar-refractivity contribution in [2.24, 2.45) is 0 Å². The van der Waals surface area contributed by atoms with Crippen molar-refractivity contribution in [2.75, 3.05) is 14.1 Å². The highest BCUT2D eigenvalue weighted by molar-refractivity contribution is 5.94. The molecule has 2 N–H and O–H groups in total. The molecule has 0 aliphatic carbocycles. The van der Waals surface area contributed by atoms with E-state index in [4.69, 9.17) is 4.74 Å². The fourth-order valence-electron chi connectivity index (χ4n) is 1.80. The lowest BCUT2D eigenvalue weighted by Gasteiger charge is -2.25. The lowest BCUT2D eigenvalue weighted by molar-refractivity contribution is 0.0406. The van der Waals surface area contributed by atoms with Gasteiger partial charge in [-0.2, -0.15) is 0 Å². The fourth-order valence-corrected chi connectivity index (χ4v) is 1.80. The smallest absolute Gasteiger partial charge is 0.407 e. The van der Waals surface area contributed by atoms with Gasteiger partial charge in [-0.3, -0.25) is 4.79 Å². The summed E-state index contributed by atoms with van der Waals surface area (Å²) in [4.78, 5) is 22.8. The second kappa shape index (κ2) is 6.22. The van der Waals surface area contributed by atoms with Crippen LogP contribution in [0.15, 0.2) is 24.3 Å². The molecule has 0 heterocycles. The number of amides is 2. The maximum atomic E-state index is 11.5. The van der Waals surface area contributed by atoms with Gasteiger partial charge in [-0.25, -0.2) is 4.79 Å². The van der Waals surface area contributed by atoms with E-state index in [0.717, 1.165) is 5.56 Å². The Morgan fingerprint density at radius 1 is 1.21 bits per heavy atom. The van der Waals surface area contributed by atoms with Crippen LogP contribution >= 0.6 is 0 Å². The molecule has 0 aromatic heterocycles. The second-order valence-corrected chi connectivity index (χ2v) is 4.86. The third-order valence-corrected chi connectivity index (χ3v) is 2.62. The summed E-state index contributed by atoms with van der Waals surface area (Å²) in [6, 6.07) is 7.26. The molecule has 0 bridgehead atoms. The molecular weight excluding hydrogens is 244 g/mol. The Balaban J connectivity index is 2.81. The van der Waals surface area contributed by atoms with Crippen LogP contribution in [0.1, 0.15) is 29.8 Å². The summed E-state index contributed by atoms with van der Waals surface area (Å²) in [5.41, 5.74) is 0.896. The largest absolute Gasteiger partial charge is 0.443 e. The standard InChI is InChI=1S/C14H20N2O3/c1-14(2,19-13(18)16-4)9-10-6-5-7-11(8-10)12(17)15-3/h5-8H,9H2,1-4H3,(H,15,17)(H,16,18). The average Bonchev–Trinajstić information content (AvgIpc) is 2.36. The molecule has 0 aliphatic rings. The summed E-state index contributed by atoms with van der Waals surface area (Å²) in [6.45, 7) is 3.66. The first kappa shape index (κ1) is 15.0. The molecule has 1 rings (SSSR count). The Bertz CT molecular complexity index is 470. The molecule has 0 spiro atoms. The van der Waals surface area contributed by atoms with Crippen LogP contribution in [0.2, 0.25) is 0 Å². The number of ether oxygens (including phenoxy) is 1. The van der Waals surface area contributed by atoms with Crippen molar-refractivity contribution in [3.05, 3.63) is 35.4 Å². The van der Waals surface area contributed by atoms with Crippen molar-refractivity contribution >= 4 is 12.0 Å². The molecule has 1 aromatic carbocycles. The van der Waals surface area contributed by atoms with Crippen molar-refractivity contribution in [1.82, 2.24) is 10.6 Å². The number of nitrogens with one attached hydrogen (secondary N) is 2. The molecular formula is C14H20N2O3. The minimum Gasteiger partial charge on any atom is -0.443 e. The van der Waals surface area contributed by atoms with Crippen LogP contribution in [0.3, 0.4) is 0 Å². The molecule has 0 fully saturated rings. The first-order valence-electron chi connectivity index (χ1n) is 6.09. The predicted octanol–water partition coefficient (Wildman–Crippen LogP) is 1.72. The number of rotatable bonds is 4. The van der Waals surface area contributed by atoms with Gasteiger partial charge in [0, 0.05) is 26.1 Å². The summed E-state index contributed by atoms with van der Waals surface area (Å²) in [6.07, 6.45) is 0.0677. The lowest BCUT2D eigenvalue weighted by atomic mass is 9.97. The predicted molar refractivity (Wildman–Crippen MR) is 73.2 cm³/mol. The van der Waals surface area contributed by atoms with E-state index in [1.807, 2.05) is 26.0 Å². The molecule has 5 heteroatoms. The number of hydrogen-bond acceptors (Lipinski definition) is 3. The van der Waals surface area contributed by atoms with Gasteiger partial charge in [-0.05, 0) is 31.5 Å². The topological polar surface area (TPSA) is 67.4 Å². The normalized spacial score (nSPS) is 10.7. The first-order valence-corrected chi connectivity index (χ1v) is 6.09. The maximum Gasteiger partial charge on any atom is 0.407 e. The third-order valence-electron chi connectivity index (χ3n) is 2.62. The fraction of sp³-hybridized carbons (Fsp3) is 0.429. The molecule has 5 nitrogen and oxygen atoms in total. The van der Waals surface area contributed by atoms with Gasteiger partial charge in [-0.1, -0.05) is 12.1 Å². The molecule has 104 valence electrons. The quantitative estimate of drug-likeness (QED) is 0.870. The minimum atomic E-state index is -0.637. The molecule has 2 amide bonds. The van der Waals surface area contributed by atoms with Crippen LogP contribution in [0.4, 0.5) is 4.79 Å². The highest BCUT2D eigenvalue weighted by Crippen LogP contribution is 2.18. The van der Waals surface area contributed by atoms with E-state index in [9.17, 15) is 9.59 Å². The van der Waals surface area contributed by atoms with Crippen molar-refractivity contribution < 1.29 is 14.3 Å². The van der Waals surface area contributed by atoms with Crippen molar-refractivity contribution in [1.29, 1.82) is 0 Å². The number of carbonyl (C=O) groups excluding carboxylic acids is 2. The third kappa shape index (κ3) is 4.62. The minimum absolute atomic E-state index is 0.133. The van der Waals surface area contributed by atoms with Crippen molar-refractivity contribution in [3.63, 3.8) is 0 Å². The molecule has 0 radical (unpaired) electrons. The van der Waals surface area contributed by atoms with Gasteiger partial charge < -0.3 is 15.4 Å². The maximum absolute atomic E-state index is 11.5. The van der Waals surface area contributed by atoms with Gasteiger partial charge in [0.1, 0.15) is 5.60 Å². The van der Waals surface area contributed by atoms with Crippen LogP contribution < -0.4 is 10.6 Å². The average molecular weight is 264 g/mol. The molecule has 0 unspecified atom stereocenters. The monoisotopic (exact) mass is 264 g/mol. The Morgan fingerprint density at radius 3 is 2.47 bits per heavy atom. The second-order valence-electron chi connectivity index (χ2n) is 4.86. The number of alkyl carbamates (subject to hydrolysis) is 1. The lowest BCUT2D eigenvalue weighted by Crippen LogP contribution is -2.34. The van der Waals surface area contributed by atoms with Crippen LogP contribution in [0, 0.1) is 0 Å². The van der Waals surface area contributed by atoms with E-state index in [1.54, 1.807) is 19.2 Å². The molecule has 0 saturated heterocycles. The SMILES string of the molecule is CNC(=O)OC(C)(C)Cc1cccc(C(=O)NC)c1. The molecule has 0 saturated carbocycles. The summed E-state index contributed by atoms with van der Waals surface area (Å²) in [7, 11) is 3.11. The molecule has 1 aromatic rings. The zero-order valence-corrected chi connectivity index (χ0v) is 11.7. The summed E-state index contributed by atoms with van der Waals surface area (Å²) in [5, 5.41) is 5.00. The van der Waals surface area contributed by atoms with E-state index >= 15 is 0 Å². The molecule has 19 heavy (non-hydrogen) atoms. The number of benzene rings is 1. The summed E-state index contributed by atoms with van der Waals surface area (Å²) in [5.74, 6) is -0.133. The van der Waals surface area contributed by atoms with Crippen molar-refractivity contribution in [2.45, 2.75) is 25.9 Å². The van der Waals surface area contributed by atoms with Crippen LogP contribution in [-0.2, 0) is 11.2 Å².